The summed E-state index contributed by atoms with van der Waals surface area (Å²) in [6.45, 7) is 2.09. The van der Waals surface area contributed by atoms with Gasteiger partial charge in [-0.05, 0) is 18.6 Å². The van der Waals surface area contributed by atoms with Crippen molar-refractivity contribution in [2.24, 2.45) is 7.05 Å². The van der Waals surface area contributed by atoms with Gasteiger partial charge in [0.2, 0.25) is 0 Å². The zero-order valence-electron chi connectivity index (χ0n) is 10.1. The van der Waals surface area contributed by atoms with Crippen molar-refractivity contribution in [3.05, 3.63) is 35.9 Å². The third-order valence-electron chi connectivity index (χ3n) is 2.80. The number of benzene rings is 1. The van der Waals surface area contributed by atoms with E-state index in [0.717, 1.165) is 24.2 Å². The average molecular weight is 233 g/mol. The fourth-order valence-electron chi connectivity index (χ4n) is 1.85. The first-order chi connectivity index (χ1) is 8.13. The molecule has 0 atom stereocenters. The topological polar surface area (TPSA) is 43.8 Å². The summed E-state index contributed by atoms with van der Waals surface area (Å²) in [5.41, 5.74) is 7.38. The van der Waals surface area contributed by atoms with Gasteiger partial charge in [0.25, 0.3) is 0 Å². The number of anilines is 1. The predicted molar refractivity (Wildman–Crippen MR) is 67.0 cm³/mol. The van der Waals surface area contributed by atoms with Gasteiger partial charge in [0.05, 0.1) is 0 Å². The number of nitrogens with two attached hydrogens (primary N) is 1. The van der Waals surface area contributed by atoms with Gasteiger partial charge in [-0.3, -0.25) is 0 Å². The molecular formula is C13H16FN3. The van der Waals surface area contributed by atoms with Crippen LogP contribution in [0.3, 0.4) is 0 Å². The third-order valence-corrected chi connectivity index (χ3v) is 2.80. The molecule has 90 valence electrons. The molecule has 0 unspecified atom stereocenters. The Morgan fingerprint density at radius 1 is 1.41 bits per heavy atom. The monoisotopic (exact) mass is 233 g/mol. The van der Waals surface area contributed by atoms with Crippen LogP contribution in [0.1, 0.15) is 19.2 Å². The number of imidazole rings is 1. The zero-order chi connectivity index (χ0) is 12.4. The lowest BCUT2D eigenvalue weighted by molar-refractivity contribution is 0.628. The molecule has 0 fully saturated rings. The number of rotatable bonds is 3. The summed E-state index contributed by atoms with van der Waals surface area (Å²) in [7, 11) is 1.89. The number of aromatic nitrogens is 2. The highest BCUT2D eigenvalue weighted by Gasteiger charge is 2.13. The summed E-state index contributed by atoms with van der Waals surface area (Å²) in [5.74, 6) is 1.24. The van der Waals surface area contributed by atoms with E-state index < -0.39 is 0 Å². The Kier molecular flexibility index (Phi) is 3.13. The smallest absolute Gasteiger partial charge is 0.131 e. The molecule has 0 radical (unpaired) electrons. The summed E-state index contributed by atoms with van der Waals surface area (Å²) < 4.78 is 15.0. The van der Waals surface area contributed by atoms with E-state index in [-0.39, 0.29) is 5.82 Å². The van der Waals surface area contributed by atoms with Crippen LogP contribution in [0.25, 0.3) is 11.3 Å². The Labute approximate surface area is 100 Å². The van der Waals surface area contributed by atoms with Crippen LogP contribution in [-0.4, -0.2) is 9.55 Å². The van der Waals surface area contributed by atoms with Crippen LogP contribution in [0, 0.1) is 5.82 Å². The minimum absolute atomic E-state index is 0.274. The van der Waals surface area contributed by atoms with Crippen LogP contribution < -0.4 is 5.73 Å². The first-order valence-corrected chi connectivity index (χ1v) is 5.70. The second-order valence-electron chi connectivity index (χ2n) is 4.08. The van der Waals surface area contributed by atoms with Gasteiger partial charge in [0.15, 0.2) is 0 Å². The van der Waals surface area contributed by atoms with Gasteiger partial charge < -0.3 is 10.3 Å². The predicted octanol–water partition coefficient (Wildman–Crippen LogP) is 2.76. The number of aryl methyl sites for hydroxylation is 1. The van der Waals surface area contributed by atoms with Crippen LogP contribution in [0.15, 0.2) is 24.3 Å². The second kappa shape index (κ2) is 4.57. The van der Waals surface area contributed by atoms with E-state index in [1.54, 1.807) is 6.07 Å². The molecule has 4 heteroatoms. The molecule has 1 aromatic carbocycles. The lowest BCUT2D eigenvalue weighted by atomic mass is 10.1. The highest BCUT2D eigenvalue weighted by molar-refractivity contribution is 5.70. The van der Waals surface area contributed by atoms with E-state index in [2.05, 4.69) is 11.9 Å². The molecule has 2 N–H and O–H groups in total. The zero-order valence-corrected chi connectivity index (χ0v) is 10.1. The van der Waals surface area contributed by atoms with Crippen molar-refractivity contribution in [3.63, 3.8) is 0 Å². The molecule has 2 rings (SSSR count). The fraction of sp³-hybridized carbons (Fsp3) is 0.308. The van der Waals surface area contributed by atoms with Crippen LogP contribution in [0.5, 0.6) is 0 Å². The summed E-state index contributed by atoms with van der Waals surface area (Å²) in [6, 6.07) is 6.35. The van der Waals surface area contributed by atoms with Crippen LogP contribution in [0.2, 0.25) is 0 Å². The van der Waals surface area contributed by atoms with E-state index in [1.165, 1.54) is 12.1 Å². The van der Waals surface area contributed by atoms with Gasteiger partial charge in [-0.1, -0.05) is 19.1 Å². The molecule has 0 spiro atoms. The van der Waals surface area contributed by atoms with E-state index in [9.17, 15) is 4.39 Å². The Hall–Kier alpha value is -1.84. The number of hydrogen-bond acceptors (Lipinski definition) is 2. The van der Waals surface area contributed by atoms with E-state index >= 15 is 0 Å². The van der Waals surface area contributed by atoms with Gasteiger partial charge in [0, 0.05) is 19.0 Å². The molecule has 1 heterocycles. The number of nitrogens with zero attached hydrogens (tertiary/aromatic N) is 2. The molecule has 17 heavy (non-hydrogen) atoms. The maximum Gasteiger partial charge on any atom is 0.131 e. The summed E-state index contributed by atoms with van der Waals surface area (Å²) in [4.78, 5) is 4.48. The van der Waals surface area contributed by atoms with Gasteiger partial charge in [-0.25, -0.2) is 9.37 Å². The van der Waals surface area contributed by atoms with Crippen LogP contribution in [-0.2, 0) is 13.5 Å². The molecule has 0 bridgehead atoms. The molecule has 0 aliphatic carbocycles. The second-order valence-corrected chi connectivity index (χ2v) is 4.08. The molecule has 0 amide bonds. The van der Waals surface area contributed by atoms with Gasteiger partial charge in [-0.2, -0.15) is 0 Å². The highest BCUT2D eigenvalue weighted by atomic mass is 19.1. The van der Waals surface area contributed by atoms with Crippen molar-refractivity contribution in [1.82, 2.24) is 9.55 Å². The standard InChI is InChI=1S/C13H16FN3/c1-3-5-11-16-12(13(15)17(11)2)9-6-4-7-10(14)8-9/h4,6-8H,3,5,15H2,1-2H3. The minimum Gasteiger partial charge on any atom is -0.383 e. The summed E-state index contributed by atoms with van der Waals surface area (Å²) in [5, 5.41) is 0. The molecule has 0 saturated heterocycles. The van der Waals surface area contributed by atoms with Crippen molar-refractivity contribution in [1.29, 1.82) is 0 Å². The average Bonchev–Trinajstić information content (AvgIpc) is 2.58. The molecule has 0 aliphatic rings. The van der Waals surface area contributed by atoms with Crippen molar-refractivity contribution < 1.29 is 4.39 Å². The first-order valence-electron chi connectivity index (χ1n) is 5.70. The van der Waals surface area contributed by atoms with Crippen molar-refractivity contribution >= 4 is 5.82 Å². The van der Waals surface area contributed by atoms with Gasteiger partial charge in [0.1, 0.15) is 23.2 Å². The van der Waals surface area contributed by atoms with E-state index in [4.69, 9.17) is 5.73 Å². The molecule has 2 aromatic rings. The number of nitrogen functional groups attached to an aromatic ring is 1. The molecule has 0 saturated carbocycles. The largest absolute Gasteiger partial charge is 0.383 e. The van der Waals surface area contributed by atoms with Crippen molar-refractivity contribution in [3.8, 4) is 11.3 Å². The Morgan fingerprint density at radius 3 is 2.82 bits per heavy atom. The lowest BCUT2D eigenvalue weighted by Crippen LogP contribution is -2.01. The minimum atomic E-state index is -0.274. The van der Waals surface area contributed by atoms with Crippen molar-refractivity contribution in [2.75, 3.05) is 5.73 Å². The molecule has 0 aliphatic heterocycles. The molecule has 3 nitrogen and oxygen atoms in total. The maximum atomic E-state index is 13.2. The van der Waals surface area contributed by atoms with Crippen LogP contribution in [0.4, 0.5) is 10.2 Å². The molecular weight excluding hydrogens is 217 g/mol. The Balaban J connectivity index is 2.49. The maximum absolute atomic E-state index is 13.2. The normalized spacial score (nSPS) is 10.8. The van der Waals surface area contributed by atoms with Crippen molar-refractivity contribution in [2.45, 2.75) is 19.8 Å². The number of hydrogen-bond donors (Lipinski definition) is 1. The molecule has 1 aromatic heterocycles. The van der Waals surface area contributed by atoms with E-state index in [1.807, 2.05) is 17.7 Å². The highest BCUT2D eigenvalue weighted by Crippen LogP contribution is 2.26. The van der Waals surface area contributed by atoms with E-state index in [0.29, 0.717) is 11.5 Å². The first kappa shape index (κ1) is 11.6. The lowest BCUT2D eigenvalue weighted by Gasteiger charge is -2.01. The van der Waals surface area contributed by atoms with Gasteiger partial charge in [-0.15, -0.1) is 0 Å². The van der Waals surface area contributed by atoms with Crippen LogP contribution >= 0.6 is 0 Å². The summed E-state index contributed by atoms with van der Waals surface area (Å²) in [6.07, 6.45) is 1.88. The quantitative estimate of drug-likeness (QED) is 0.885. The Bertz CT molecular complexity index is 531. The fourth-order valence-corrected chi connectivity index (χ4v) is 1.85. The third kappa shape index (κ3) is 2.16. The SMILES string of the molecule is CCCc1nc(-c2cccc(F)c2)c(N)n1C. The van der Waals surface area contributed by atoms with Gasteiger partial charge >= 0.3 is 0 Å². The Morgan fingerprint density at radius 2 is 2.18 bits per heavy atom. The number of halogens is 1. The summed E-state index contributed by atoms with van der Waals surface area (Å²) >= 11 is 0.